The smallest absolute Gasteiger partial charge is 0.273 e. The summed E-state index contributed by atoms with van der Waals surface area (Å²) >= 11 is 6.17. The van der Waals surface area contributed by atoms with Crippen LogP contribution in [0.25, 0.3) is 0 Å². The Balaban J connectivity index is 2.21. The van der Waals surface area contributed by atoms with Crippen LogP contribution in [0.15, 0.2) is 24.3 Å². The van der Waals surface area contributed by atoms with E-state index >= 15 is 0 Å². The van der Waals surface area contributed by atoms with Gasteiger partial charge in [-0.15, -0.1) is 0 Å². The van der Waals surface area contributed by atoms with Crippen LogP contribution in [0, 0.1) is 12.7 Å². The molecule has 0 saturated heterocycles. The molecule has 0 aliphatic carbocycles. The minimum absolute atomic E-state index is 0.202. The van der Waals surface area contributed by atoms with Crippen molar-refractivity contribution in [2.45, 2.75) is 26.9 Å². The first-order chi connectivity index (χ1) is 9.93. The normalized spacial score (nSPS) is 10.7. The number of aromatic nitrogens is 2. The zero-order valence-corrected chi connectivity index (χ0v) is 13.0. The number of halogens is 2. The number of benzene rings is 1. The van der Waals surface area contributed by atoms with E-state index in [2.05, 4.69) is 5.10 Å². The largest absolute Gasteiger partial charge is 0.336 e. The Morgan fingerprint density at radius 2 is 2.00 bits per heavy atom. The molecule has 1 aromatic carbocycles. The minimum Gasteiger partial charge on any atom is -0.336 e. The van der Waals surface area contributed by atoms with Crippen molar-refractivity contribution in [3.63, 3.8) is 0 Å². The van der Waals surface area contributed by atoms with Crippen molar-refractivity contribution in [2.24, 2.45) is 0 Å². The number of carbonyl (C=O) groups excluding carboxylic acids is 1. The van der Waals surface area contributed by atoms with Gasteiger partial charge in [-0.3, -0.25) is 9.48 Å². The number of amides is 1. The number of carbonyl (C=O) groups is 1. The van der Waals surface area contributed by atoms with Gasteiger partial charge in [0, 0.05) is 20.1 Å². The van der Waals surface area contributed by atoms with E-state index in [0.717, 1.165) is 5.56 Å². The molecule has 0 aliphatic heterocycles. The highest BCUT2D eigenvalue weighted by atomic mass is 35.5. The van der Waals surface area contributed by atoms with Crippen molar-refractivity contribution in [2.75, 3.05) is 7.05 Å². The predicted octanol–water partition coefficient (Wildman–Crippen LogP) is 3.28. The lowest BCUT2D eigenvalue weighted by Crippen LogP contribution is -2.28. The van der Waals surface area contributed by atoms with Gasteiger partial charge in [-0.25, -0.2) is 4.39 Å². The van der Waals surface area contributed by atoms with E-state index in [-0.39, 0.29) is 11.7 Å². The van der Waals surface area contributed by atoms with Crippen LogP contribution in [-0.4, -0.2) is 27.6 Å². The number of rotatable bonds is 4. The van der Waals surface area contributed by atoms with Gasteiger partial charge in [0.1, 0.15) is 11.5 Å². The second kappa shape index (κ2) is 6.26. The van der Waals surface area contributed by atoms with Gasteiger partial charge in [0.25, 0.3) is 5.91 Å². The quantitative estimate of drug-likeness (QED) is 0.869. The summed E-state index contributed by atoms with van der Waals surface area (Å²) in [7, 11) is 1.68. The van der Waals surface area contributed by atoms with Gasteiger partial charge in [-0.2, -0.15) is 5.10 Å². The molecule has 0 unspecified atom stereocenters. The van der Waals surface area contributed by atoms with Crippen LogP contribution in [-0.2, 0) is 13.1 Å². The van der Waals surface area contributed by atoms with Crippen LogP contribution in [0.1, 0.15) is 28.7 Å². The third-order valence-corrected chi connectivity index (χ3v) is 3.69. The molecule has 4 nitrogen and oxygen atoms in total. The number of nitrogens with zero attached hydrogens (tertiary/aromatic N) is 3. The maximum atomic E-state index is 12.9. The van der Waals surface area contributed by atoms with Gasteiger partial charge in [0.2, 0.25) is 0 Å². The molecule has 1 heterocycles. The standard InChI is InChI=1S/C15H17ClFN3O/c1-4-20-14(13(16)10(2)18-20)15(21)19(3)9-11-5-7-12(17)8-6-11/h5-8H,4,9H2,1-3H3. The van der Waals surface area contributed by atoms with Gasteiger partial charge in [-0.05, 0) is 31.5 Å². The molecular weight excluding hydrogens is 293 g/mol. The van der Waals surface area contributed by atoms with Crippen molar-refractivity contribution >= 4 is 17.5 Å². The fourth-order valence-corrected chi connectivity index (χ4v) is 2.33. The SMILES string of the molecule is CCn1nc(C)c(Cl)c1C(=O)N(C)Cc1ccc(F)cc1. The first-order valence-electron chi connectivity index (χ1n) is 6.66. The van der Waals surface area contributed by atoms with Crippen LogP contribution in [0.3, 0.4) is 0 Å². The molecule has 2 aromatic rings. The van der Waals surface area contributed by atoms with Gasteiger partial charge in [0.15, 0.2) is 0 Å². The zero-order valence-electron chi connectivity index (χ0n) is 12.2. The summed E-state index contributed by atoms with van der Waals surface area (Å²) in [6, 6.07) is 6.06. The molecule has 112 valence electrons. The fraction of sp³-hybridized carbons (Fsp3) is 0.333. The highest BCUT2D eigenvalue weighted by Crippen LogP contribution is 2.22. The van der Waals surface area contributed by atoms with Crippen molar-refractivity contribution in [1.82, 2.24) is 14.7 Å². The number of aryl methyl sites for hydroxylation is 2. The van der Waals surface area contributed by atoms with Crippen molar-refractivity contribution < 1.29 is 9.18 Å². The van der Waals surface area contributed by atoms with E-state index in [1.807, 2.05) is 6.92 Å². The molecule has 21 heavy (non-hydrogen) atoms. The van der Waals surface area contributed by atoms with Gasteiger partial charge in [0.05, 0.1) is 10.7 Å². The predicted molar refractivity (Wildman–Crippen MR) is 79.8 cm³/mol. The average molecular weight is 310 g/mol. The Morgan fingerprint density at radius 3 is 2.57 bits per heavy atom. The summed E-state index contributed by atoms with van der Waals surface area (Å²) in [6.45, 7) is 4.62. The Morgan fingerprint density at radius 1 is 1.38 bits per heavy atom. The summed E-state index contributed by atoms with van der Waals surface area (Å²) in [5, 5.41) is 4.62. The van der Waals surface area contributed by atoms with E-state index in [4.69, 9.17) is 11.6 Å². The summed E-state index contributed by atoms with van der Waals surface area (Å²) in [4.78, 5) is 14.1. The first-order valence-corrected chi connectivity index (χ1v) is 7.04. The molecule has 0 N–H and O–H groups in total. The van der Waals surface area contributed by atoms with E-state index < -0.39 is 0 Å². The molecule has 1 aromatic heterocycles. The Bertz CT molecular complexity index is 652. The molecule has 2 rings (SSSR count). The highest BCUT2D eigenvalue weighted by Gasteiger charge is 2.22. The Kier molecular flexibility index (Phi) is 4.63. The fourth-order valence-electron chi connectivity index (χ4n) is 2.11. The van der Waals surface area contributed by atoms with E-state index in [9.17, 15) is 9.18 Å². The average Bonchev–Trinajstić information content (AvgIpc) is 2.76. The van der Waals surface area contributed by atoms with Gasteiger partial charge >= 0.3 is 0 Å². The molecule has 0 saturated carbocycles. The minimum atomic E-state index is -0.296. The Hall–Kier alpha value is -1.88. The van der Waals surface area contributed by atoms with Gasteiger partial charge < -0.3 is 4.90 Å². The second-order valence-corrected chi connectivity index (χ2v) is 5.23. The van der Waals surface area contributed by atoms with Gasteiger partial charge in [-0.1, -0.05) is 23.7 Å². The first kappa shape index (κ1) is 15.5. The van der Waals surface area contributed by atoms with Crippen molar-refractivity contribution in [1.29, 1.82) is 0 Å². The molecule has 0 radical (unpaired) electrons. The summed E-state index contributed by atoms with van der Waals surface area (Å²) in [5.74, 6) is -0.498. The highest BCUT2D eigenvalue weighted by molar-refractivity contribution is 6.34. The molecule has 6 heteroatoms. The molecular formula is C15H17ClFN3O. The number of hydrogen-bond donors (Lipinski definition) is 0. The monoisotopic (exact) mass is 309 g/mol. The molecule has 1 amide bonds. The molecule has 0 spiro atoms. The summed E-state index contributed by atoms with van der Waals surface area (Å²) in [6.07, 6.45) is 0. The Labute approximate surface area is 128 Å². The van der Waals surface area contributed by atoms with Crippen LogP contribution in [0.5, 0.6) is 0 Å². The molecule has 0 atom stereocenters. The summed E-state index contributed by atoms with van der Waals surface area (Å²) < 4.78 is 14.5. The number of hydrogen-bond acceptors (Lipinski definition) is 2. The van der Waals surface area contributed by atoms with E-state index in [1.54, 1.807) is 35.7 Å². The topological polar surface area (TPSA) is 38.1 Å². The second-order valence-electron chi connectivity index (χ2n) is 4.85. The third-order valence-electron chi connectivity index (χ3n) is 3.24. The zero-order chi connectivity index (χ0) is 15.6. The maximum Gasteiger partial charge on any atom is 0.273 e. The van der Waals surface area contributed by atoms with Crippen molar-refractivity contribution in [3.05, 3.63) is 52.1 Å². The third kappa shape index (κ3) is 3.24. The van der Waals surface area contributed by atoms with Crippen LogP contribution in [0.4, 0.5) is 4.39 Å². The van der Waals surface area contributed by atoms with Crippen LogP contribution in [0.2, 0.25) is 5.02 Å². The van der Waals surface area contributed by atoms with E-state index in [1.165, 1.54) is 12.1 Å². The summed E-state index contributed by atoms with van der Waals surface area (Å²) in [5.41, 5.74) is 1.88. The van der Waals surface area contributed by atoms with Crippen molar-refractivity contribution in [3.8, 4) is 0 Å². The molecule has 0 aliphatic rings. The molecule has 0 bridgehead atoms. The van der Waals surface area contributed by atoms with E-state index in [0.29, 0.717) is 29.5 Å². The lowest BCUT2D eigenvalue weighted by Gasteiger charge is -2.18. The van der Waals surface area contributed by atoms with Crippen LogP contribution >= 0.6 is 11.6 Å². The molecule has 0 fully saturated rings. The lowest BCUT2D eigenvalue weighted by molar-refractivity contribution is 0.0773. The lowest BCUT2D eigenvalue weighted by atomic mass is 10.2. The van der Waals surface area contributed by atoms with Crippen LogP contribution < -0.4 is 0 Å². The maximum absolute atomic E-state index is 12.9.